The molecule has 0 aliphatic carbocycles. The Morgan fingerprint density at radius 1 is 1.32 bits per heavy atom. The van der Waals surface area contributed by atoms with Gasteiger partial charge in [-0.3, -0.25) is 0 Å². The fraction of sp³-hybridized carbons (Fsp3) is 0.500. The number of para-hydroxylation sites is 1. The van der Waals surface area contributed by atoms with Crippen LogP contribution in [-0.4, -0.2) is 13.1 Å². The highest BCUT2D eigenvalue weighted by Crippen LogP contribution is 2.46. The van der Waals surface area contributed by atoms with Gasteiger partial charge >= 0.3 is 0 Å². The number of halogens is 1. The highest BCUT2D eigenvalue weighted by atomic mass is 35.5. The van der Waals surface area contributed by atoms with Crippen LogP contribution >= 0.6 is 12.4 Å². The summed E-state index contributed by atoms with van der Waals surface area (Å²) in [4.78, 5) is 2.30. The van der Waals surface area contributed by atoms with Gasteiger partial charge in [0.15, 0.2) is 0 Å². The van der Waals surface area contributed by atoms with Crippen molar-refractivity contribution in [1.29, 1.82) is 0 Å². The lowest BCUT2D eigenvalue weighted by Crippen LogP contribution is -2.24. The summed E-state index contributed by atoms with van der Waals surface area (Å²) < 4.78 is 0. The van der Waals surface area contributed by atoms with Crippen molar-refractivity contribution in [2.24, 2.45) is 5.73 Å². The summed E-state index contributed by atoms with van der Waals surface area (Å²) in [5.41, 5.74) is 10.2. The first-order valence-electron chi connectivity index (χ1n) is 6.78. The second-order valence-corrected chi connectivity index (χ2v) is 5.69. The van der Waals surface area contributed by atoms with Gasteiger partial charge in [-0.05, 0) is 24.5 Å². The lowest BCUT2D eigenvalue weighted by atomic mass is 9.83. The standard InChI is InChI=1S/C16H24N2.ClH/c1-5-12(17)10-11-15-16(2,3)13-8-6-7-9-14(13)18(15)4;/h6-9,11-12H,5,10,17H2,1-4H3;1H/b15-11+;. The lowest BCUT2D eigenvalue weighted by Gasteiger charge is -2.24. The molecule has 1 aromatic carbocycles. The smallest absolute Gasteiger partial charge is 0.0447 e. The van der Waals surface area contributed by atoms with Crippen molar-refractivity contribution < 1.29 is 0 Å². The summed E-state index contributed by atoms with van der Waals surface area (Å²) in [6.07, 6.45) is 4.29. The molecule has 0 spiro atoms. The summed E-state index contributed by atoms with van der Waals surface area (Å²) in [7, 11) is 2.15. The van der Waals surface area contributed by atoms with Crippen LogP contribution in [0.25, 0.3) is 0 Å². The van der Waals surface area contributed by atoms with Crippen LogP contribution in [0.3, 0.4) is 0 Å². The van der Waals surface area contributed by atoms with E-state index in [2.05, 4.69) is 63.1 Å². The van der Waals surface area contributed by atoms with Crippen LogP contribution in [0.15, 0.2) is 36.0 Å². The number of allylic oxidation sites excluding steroid dienone is 1. The minimum Gasteiger partial charge on any atom is -0.347 e. The lowest BCUT2D eigenvalue weighted by molar-refractivity contribution is 0.615. The van der Waals surface area contributed by atoms with Gasteiger partial charge in [0, 0.05) is 29.9 Å². The van der Waals surface area contributed by atoms with Crippen molar-refractivity contribution in [3.05, 3.63) is 41.6 Å². The van der Waals surface area contributed by atoms with Crippen molar-refractivity contribution in [3.63, 3.8) is 0 Å². The first-order valence-corrected chi connectivity index (χ1v) is 6.78. The van der Waals surface area contributed by atoms with Crippen molar-refractivity contribution in [2.45, 2.75) is 45.1 Å². The molecule has 2 nitrogen and oxygen atoms in total. The molecule has 106 valence electrons. The van der Waals surface area contributed by atoms with Crippen LogP contribution in [0.5, 0.6) is 0 Å². The Labute approximate surface area is 123 Å². The van der Waals surface area contributed by atoms with Crippen LogP contribution in [0.1, 0.15) is 39.2 Å². The number of fused-ring (bicyclic) bond motifs is 1. The Morgan fingerprint density at radius 3 is 2.53 bits per heavy atom. The molecule has 0 amide bonds. The average Bonchev–Trinajstić information content (AvgIpc) is 2.56. The maximum atomic E-state index is 6.03. The Bertz CT molecular complexity index is 466. The quantitative estimate of drug-likeness (QED) is 0.911. The Balaban J connectivity index is 0.00000180. The predicted molar refractivity (Wildman–Crippen MR) is 86.1 cm³/mol. The van der Waals surface area contributed by atoms with Gasteiger partial charge in [-0.15, -0.1) is 12.4 Å². The number of benzene rings is 1. The van der Waals surface area contributed by atoms with Crippen LogP contribution < -0.4 is 10.6 Å². The maximum absolute atomic E-state index is 6.03. The molecule has 2 N–H and O–H groups in total. The minimum absolute atomic E-state index is 0. The molecule has 1 heterocycles. The van der Waals surface area contributed by atoms with Crippen molar-refractivity contribution >= 4 is 18.1 Å². The van der Waals surface area contributed by atoms with E-state index in [0.29, 0.717) is 0 Å². The van der Waals surface area contributed by atoms with Gasteiger partial charge in [0.1, 0.15) is 0 Å². The van der Waals surface area contributed by atoms with Gasteiger partial charge < -0.3 is 10.6 Å². The van der Waals surface area contributed by atoms with Crippen molar-refractivity contribution in [3.8, 4) is 0 Å². The van der Waals surface area contributed by atoms with E-state index in [-0.39, 0.29) is 23.9 Å². The predicted octanol–water partition coefficient (Wildman–Crippen LogP) is 3.85. The van der Waals surface area contributed by atoms with Crippen molar-refractivity contribution in [1.82, 2.24) is 0 Å². The third-order valence-electron chi connectivity index (χ3n) is 4.08. The molecule has 1 aliphatic rings. The number of anilines is 1. The summed E-state index contributed by atoms with van der Waals surface area (Å²) in [5, 5.41) is 0. The fourth-order valence-corrected chi connectivity index (χ4v) is 2.80. The van der Waals surface area contributed by atoms with Gasteiger partial charge in [0.05, 0.1) is 0 Å². The van der Waals surface area contributed by atoms with Gasteiger partial charge in [-0.1, -0.05) is 45.0 Å². The van der Waals surface area contributed by atoms with E-state index in [9.17, 15) is 0 Å². The molecule has 3 heteroatoms. The van der Waals surface area contributed by atoms with Gasteiger partial charge in [0.25, 0.3) is 0 Å². The number of hydrogen-bond acceptors (Lipinski definition) is 2. The summed E-state index contributed by atoms with van der Waals surface area (Å²) in [5.74, 6) is 0. The molecule has 0 bridgehead atoms. The van der Waals surface area contributed by atoms with Gasteiger partial charge in [-0.2, -0.15) is 0 Å². The summed E-state index contributed by atoms with van der Waals surface area (Å²) >= 11 is 0. The molecule has 0 aromatic heterocycles. The van der Waals surface area contributed by atoms with E-state index in [1.807, 2.05) is 0 Å². The highest BCUT2D eigenvalue weighted by Gasteiger charge is 2.37. The largest absolute Gasteiger partial charge is 0.347 e. The second-order valence-electron chi connectivity index (χ2n) is 5.69. The first kappa shape index (κ1) is 16.1. The van der Waals surface area contributed by atoms with E-state index in [1.165, 1.54) is 16.9 Å². The number of nitrogens with two attached hydrogens (primary N) is 1. The minimum atomic E-state index is 0. The molecule has 1 unspecified atom stereocenters. The first-order chi connectivity index (χ1) is 8.48. The van der Waals surface area contributed by atoms with Crippen LogP contribution in [0, 0.1) is 0 Å². The van der Waals surface area contributed by atoms with Gasteiger partial charge in [0.2, 0.25) is 0 Å². The van der Waals surface area contributed by atoms with Crippen LogP contribution in [0.4, 0.5) is 5.69 Å². The maximum Gasteiger partial charge on any atom is 0.0447 e. The fourth-order valence-electron chi connectivity index (χ4n) is 2.80. The van der Waals surface area contributed by atoms with E-state index < -0.39 is 0 Å². The topological polar surface area (TPSA) is 29.3 Å². The SMILES string of the molecule is CCC(N)C/C=C1/N(C)c2ccccc2C1(C)C.Cl. The highest BCUT2D eigenvalue weighted by molar-refractivity contribution is 5.85. The van der Waals surface area contributed by atoms with E-state index in [1.54, 1.807) is 0 Å². The van der Waals surface area contributed by atoms with Crippen molar-refractivity contribution in [2.75, 3.05) is 11.9 Å². The zero-order valence-electron chi connectivity index (χ0n) is 12.3. The monoisotopic (exact) mass is 280 g/mol. The zero-order chi connectivity index (χ0) is 13.3. The molecule has 2 rings (SSSR count). The molecule has 1 atom stereocenters. The van der Waals surface area contributed by atoms with E-state index in [4.69, 9.17) is 5.73 Å². The average molecular weight is 281 g/mol. The summed E-state index contributed by atoms with van der Waals surface area (Å²) in [6, 6.07) is 8.91. The third-order valence-corrected chi connectivity index (χ3v) is 4.08. The molecule has 0 saturated heterocycles. The Morgan fingerprint density at radius 2 is 1.95 bits per heavy atom. The molecule has 0 radical (unpaired) electrons. The normalized spacial score (nSPS) is 20.1. The molecular weight excluding hydrogens is 256 g/mol. The molecule has 0 fully saturated rings. The van der Waals surface area contributed by atoms with E-state index in [0.717, 1.165) is 12.8 Å². The summed E-state index contributed by atoms with van der Waals surface area (Å²) in [6.45, 7) is 6.72. The number of likely N-dealkylation sites (N-methyl/N-ethyl adjacent to an activating group) is 1. The van der Waals surface area contributed by atoms with Crippen LogP contribution in [-0.2, 0) is 5.41 Å². The molecule has 19 heavy (non-hydrogen) atoms. The molecule has 1 aromatic rings. The number of hydrogen-bond donors (Lipinski definition) is 1. The molecule has 1 aliphatic heterocycles. The zero-order valence-corrected chi connectivity index (χ0v) is 13.1. The number of nitrogens with zero attached hydrogens (tertiary/aromatic N) is 1. The number of rotatable bonds is 3. The molecule has 0 saturated carbocycles. The van der Waals surface area contributed by atoms with Crippen LogP contribution in [0.2, 0.25) is 0 Å². The molecular formula is C16H25ClN2. The van der Waals surface area contributed by atoms with E-state index >= 15 is 0 Å². The Kier molecular flexibility index (Phi) is 5.05. The Hall–Kier alpha value is -0.990. The second kappa shape index (κ2) is 5.98. The van der Waals surface area contributed by atoms with Gasteiger partial charge in [-0.25, -0.2) is 0 Å². The third kappa shape index (κ3) is 2.80.